The molecule has 1 aromatic heterocycles. The number of aromatic carboxylic acids is 1. The highest BCUT2D eigenvalue weighted by Crippen LogP contribution is 2.31. The molecular weight excluding hydrogens is 314 g/mol. The molecule has 0 bridgehead atoms. The number of rotatable bonds is 3. The minimum atomic E-state index is -0.956. The third-order valence-electron chi connectivity index (χ3n) is 2.27. The lowest BCUT2D eigenvalue weighted by Gasteiger charge is -2.06. The van der Waals surface area contributed by atoms with Gasteiger partial charge in [0.2, 0.25) is 0 Å². The summed E-state index contributed by atoms with van der Waals surface area (Å²) < 4.78 is 0.996. The zero-order chi connectivity index (χ0) is 13.1. The molecule has 0 amide bonds. The number of carboxylic acid groups (broad SMARTS) is 1. The largest absolute Gasteiger partial charge is 0.478 e. The maximum absolute atomic E-state index is 11.1. The highest BCUT2D eigenvalue weighted by molar-refractivity contribution is 9.10. The summed E-state index contributed by atoms with van der Waals surface area (Å²) in [7, 11) is 0. The first-order chi connectivity index (χ1) is 8.56. The number of aryl methyl sites for hydroxylation is 1. The first-order valence-corrected chi connectivity index (χ1v) is 6.80. The fourth-order valence-corrected chi connectivity index (χ4v) is 2.68. The van der Waals surface area contributed by atoms with Crippen LogP contribution in [-0.2, 0) is 0 Å². The van der Waals surface area contributed by atoms with Crippen LogP contribution in [0.3, 0.4) is 0 Å². The van der Waals surface area contributed by atoms with Crippen LogP contribution in [0.4, 0.5) is 0 Å². The SMILES string of the molecule is Cc1cc(Sc2ccc(Br)cc2)c(C(=O)O)cn1. The molecule has 5 heteroatoms. The molecular formula is C13H10BrNO2S. The molecule has 1 heterocycles. The van der Waals surface area contributed by atoms with Crippen molar-refractivity contribution in [2.75, 3.05) is 0 Å². The van der Waals surface area contributed by atoms with Crippen molar-refractivity contribution < 1.29 is 9.90 Å². The van der Waals surface area contributed by atoms with Gasteiger partial charge in [0.15, 0.2) is 0 Å². The third kappa shape index (κ3) is 3.11. The van der Waals surface area contributed by atoms with Crippen LogP contribution in [0.15, 0.2) is 50.8 Å². The van der Waals surface area contributed by atoms with Gasteiger partial charge in [-0.1, -0.05) is 27.7 Å². The monoisotopic (exact) mass is 323 g/mol. The van der Waals surface area contributed by atoms with Crippen LogP contribution in [0.5, 0.6) is 0 Å². The summed E-state index contributed by atoms with van der Waals surface area (Å²) >= 11 is 4.79. The summed E-state index contributed by atoms with van der Waals surface area (Å²) in [4.78, 5) is 16.8. The standard InChI is InChI=1S/C13H10BrNO2S/c1-8-6-12(11(7-15-8)13(16)17)18-10-4-2-9(14)3-5-10/h2-7H,1H3,(H,16,17). The molecule has 0 spiro atoms. The van der Waals surface area contributed by atoms with Crippen molar-refractivity contribution in [3.8, 4) is 0 Å². The van der Waals surface area contributed by atoms with Crippen LogP contribution in [0, 0.1) is 6.92 Å². The summed E-state index contributed by atoms with van der Waals surface area (Å²) in [6.45, 7) is 1.84. The number of carboxylic acids is 1. The first-order valence-electron chi connectivity index (χ1n) is 5.19. The molecule has 2 aromatic rings. The van der Waals surface area contributed by atoms with Crippen molar-refractivity contribution in [3.05, 3.63) is 52.3 Å². The van der Waals surface area contributed by atoms with Gasteiger partial charge in [0.25, 0.3) is 0 Å². The molecule has 0 radical (unpaired) electrons. The van der Waals surface area contributed by atoms with Gasteiger partial charge >= 0.3 is 5.97 Å². The van der Waals surface area contributed by atoms with E-state index >= 15 is 0 Å². The molecule has 1 N–H and O–H groups in total. The molecule has 0 fully saturated rings. The second kappa shape index (κ2) is 5.54. The zero-order valence-corrected chi connectivity index (χ0v) is 12.0. The van der Waals surface area contributed by atoms with E-state index in [4.69, 9.17) is 5.11 Å². The van der Waals surface area contributed by atoms with E-state index in [2.05, 4.69) is 20.9 Å². The van der Waals surface area contributed by atoms with E-state index in [1.807, 2.05) is 31.2 Å². The van der Waals surface area contributed by atoms with Crippen LogP contribution < -0.4 is 0 Å². The van der Waals surface area contributed by atoms with Crippen LogP contribution in [0.2, 0.25) is 0 Å². The quantitative estimate of drug-likeness (QED) is 0.927. The molecule has 1 aromatic carbocycles. The normalized spacial score (nSPS) is 10.3. The first kappa shape index (κ1) is 13.1. The Morgan fingerprint density at radius 3 is 2.61 bits per heavy atom. The van der Waals surface area contributed by atoms with Crippen molar-refractivity contribution in [2.24, 2.45) is 0 Å². The van der Waals surface area contributed by atoms with Crippen molar-refractivity contribution in [1.29, 1.82) is 0 Å². The fraction of sp³-hybridized carbons (Fsp3) is 0.0769. The van der Waals surface area contributed by atoms with Gasteiger partial charge in [-0.05, 0) is 37.3 Å². The molecule has 92 valence electrons. The summed E-state index contributed by atoms with van der Waals surface area (Å²) in [5, 5.41) is 9.12. The van der Waals surface area contributed by atoms with Crippen LogP contribution in [0.1, 0.15) is 16.1 Å². The van der Waals surface area contributed by atoms with E-state index in [0.717, 1.165) is 15.1 Å². The number of hydrogen-bond donors (Lipinski definition) is 1. The number of aromatic nitrogens is 1. The molecule has 18 heavy (non-hydrogen) atoms. The molecule has 0 aliphatic heterocycles. The Bertz CT molecular complexity index is 584. The van der Waals surface area contributed by atoms with E-state index in [9.17, 15) is 4.79 Å². The van der Waals surface area contributed by atoms with Crippen LogP contribution in [-0.4, -0.2) is 16.1 Å². The van der Waals surface area contributed by atoms with Gasteiger partial charge in [-0.3, -0.25) is 4.98 Å². The van der Waals surface area contributed by atoms with E-state index in [0.29, 0.717) is 4.90 Å². The topological polar surface area (TPSA) is 50.2 Å². The molecule has 2 rings (SSSR count). The van der Waals surface area contributed by atoms with Crippen molar-refractivity contribution >= 4 is 33.7 Å². The van der Waals surface area contributed by atoms with E-state index in [1.54, 1.807) is 6.07 Å². The van der Waals surface area contributed by atoms with Crippen molar-refractivity contribution in [2.45, 2.75) is 16.7 Å². The van der Waals surface area contributed by atoms with E-state index in [1.165, 1.54) is 18.0 Å². The Balaban J connectivity index is 2.35. The maximum atomic E-state index is 11.1. The molecule has 0 saturated carbocycles. The Labute approximate surface area is 117 Å². The minimum absolute atomic E-state index is 0.230. The Morgan fingerprint density at radius 1 is 1.33 bits per heavy atom. The summed E-state index contributed by atoms with van der Waals surface area (Å²) in [5.74, 6) is -0.956. The maximum Gasteiger partial charge on any atom is 0.338 e. The van der Waals surface area contributed by atoms with Gasteiger partial charge in [0.1, 0.15) is 0 Å². The Kier molecular flexibility index (Phi) is 4.04. The van der Waals surface area contributed by atoms with Gasteiger partial charge in [0.05, 0.1) is 5.56 Å². The van der Waals surface area contributed by atoms with Crippen molar-refractivity contribution in [3.63, 3.8) is 0 Å². The highest BCUT2D eigenvalue weighted by Gasteiger charge is 2.12. The number of pyridine rings is 1. The van der Waals surface area contributed by atoms with Gasteiger partial charge in [0, 0.05) is 26.2 Å². The lowest BCUT2D eigenvalue weighted by Crippen LogP contribution is -2.00. The molecule has 0 saturated heterocycles. The summed E-state index contributed by atoms with van der Waals surface area (Å²) in [5.41, 5.74) is 1.04. The zero-order valence-electron chi connectivity index (χ0n) is 9.55. The van der Waals surface area contributed by atoms with Crippen LogP contribution >= 0.6 is 27.7 Å². The molecule has 0 unspecified atom stereocenters. The van der Waals surface area contributed by atoms with Gasteiger partial charge in [-0.15, -0.1) is 0 Å². The third-order valence-corrected chi connectivity index (χ3v) is 3.87. The van der Waals surface area contributed by atoms with E-state index < -0.39 is 5.97 Å². The molecule has 0 aliphatic rings. The number of halogens is 1. The van der Waals surface area contributed by atoms with Gasteiger partial charge in [-0.25, -0.2) is 4.79 Å². The predicted molar refractivity (Wildman–Crippen MR) is 74.2 cm³/mol. The minimum Gasteiger partial charge on any atom is -0.478 e. The number of benzene rings is 1. The number of nitrogens with zero attached hydrogens (tertiary/aromatic N) is 1. The second-order valence-corrected chi connectivity index (χ2v) is 5.71. The average Bonchev–Trinajstić information content (AvgIpc) is 2.32. The number of carbonyl (C=O) groups is 1. The fourth-order valence-electron chi connectivity index (χ4n) is 1.41. The van der Waals surface area contributed by atoms with E-state index in [-0.39, 0.29) is 5.56 Å². The smallest absolute Gasteiger partial charge is 0.338 e. The predicted octanol–water partition coefficient (Wildman–Crippen LogP) is 4.00. The Morgan fingerprint density at radius 2 is 2.00 bits per heavy atom. The van der Waals surface area contributed by atoms with Gasteiger partial charge in [-0.2, -0.15) is 0 Å². The second-order valence-electron chi connectivity index (χ2n) is 3.68. The molecule has 0 aliphatic carbocycles. The lowest BCUT2D eigenvalue weighted by molar-refractivity contribution is 0.0692. The van der Waals surface area contributed by atoms with Crippen molar-refractivity contribution in [1.82, 2.24) is 4.98 Å². The lowest BCUT2D eigenvalue weighted by atomic mass is 10.2. The van der Waals surface area contributed by atoms with Gasteiger partial charge < -0.3 is 5.11 Å². The summed E-state index contributed by atoms with van der Waals surface area (Å²) in [6, 6.07) is 9.52. The molecule has 0 atom stereocenters. The number of hydrogen-bond acceptors (Lipinski definition) is 3. The summed E-state index contributed by atoms with van der Waals surface area (Å²) in [6.07, 6.45) is 1.40. The average molecular weight is 324 g/mol. The highest BCUT2D eigenvalue weighted by atomic mass is 79.9. The molecule has 3 nitrogen and oxygen atoms in total. The van der Waals surface area contributed by atoms with Crippen LogP contribution in [0.25, 0.3) is 0 Å². The Hall–Kier alpha value is -1.33.